The number of anilines is 1. The Morgan fingerprint density at radius 2 is 2.09 bits per heavy atom. The summed E-state index contributed by atoms with van der Waals surface area (Å²) < 4.78 is 10.5. The van der Waals surface area contributed by atoms with Gasteiger partial charge in [0, 0.05) is 10.9 Å². The van der Waals surface area contributed by atoms with E-state index in [9.17, 15) is 4.79 Å². The van der Waals surface area contributed by atoms with Gasteiger partial charge in [0.1, 0.15) is 22.6 Å². The number of hydrogen-bond acceptors (Lipinski definition) is 5. The van der Waals surface area contributed by atoms with Crippen molar-refractivity contribution in [3.05, 3.63) is 40.3 Å². The fourth-order valence-electron chi connectivity index (χ4n) is 1.85. The van der Waals surface area contributed by atoms with Crippen LogP contribution in [0.4, 0.5) is 5.00 Å². The van der Waals surface area contributed by atoms with E-state index in [1.54, 1.807) is 31.4 Å². The first-order valence-electron chi connectivity index (χ1n) is 6.62. The van der Waals surface area contributed by atoms with Crippen molar-refractivity contribution in [1.29, 1.82) is 5.26 Å². The molecule has 0 aliphatic carbocycles. The van der Waals surface area contributed by atoms with Crippen molar-refractivity contribution in [2.45, 2.75) is 13.8 Å². The van der Waals surface area contributed by atoms with E-state index in [1.807, 2.05) is 13.8 Å². The molecule has 0 aliphatic heterocycles. The molecule has 1 N–H and O–H groups in total. The maximum absolute atomic E-state index is 12.0. The second-order valence-corrected chi connectivity index (χ2v) is 5.84. The molecule has 0 saturated carbocycles. The molecule has 1 amide bonds. The Bertz CT molecular complexity index is 731. The maximum Gasteiger partial charge on any atom is 0.262 e. The van der Waals surface area contributed by atoms with Crippen molar-refractivity contribution in [1.82, 2.24) is 0 Å². The molecule has 1 aromatic heterocycles. The molecule has 0 spiro atoms. The average molecular weight is 316 g/mol. The summed E-state index contributed by atoms with van der Waals surface area (Å²) in [5.41, 5.74) is 1.41. The Balaban J connectivity index is 1.99. The third-order valence-corrected chi connectivity index (χ3v) is 4.28. The van der Waals surface area contributed by atoms with Gasteiger partial charge in [-0.1, -0.05) is 6.07 Å². The van der Waals surface area contributed by atoms with Gasteiger partial charge in [0.15, 0.2) is 6.61 Å². The zero-order valence-electron chi connectivity index (χ0n) is 12.6. The average Bonchev–Trinajstić information content (AvgIpc) is 2.79. The van der Waals surface area contributed by atoms with Crippen LogP contribution in [0.1, 0.15) is 16.0 Å². The van der Waals surface area contributed by atoms with Crippen molar-refractivity contribution in [2.75, 3.05) is 19.0 Å². The van der Waals surface area contributed by atoms with E-state index in [1.165, 1.54) is 11.3 Å². The fraction of sp³-hybridized carbons (Fsp3) is 0.250. The number of carbonyl (C=O) groups excluding carboxylic acids is 1. The minimum absolute atomic E-state index is 0.131. The highest BCUT2D eigenvalue weighted by Gasteiger charge is 2.14. The van der Waals surface area contributed by atoms with E-state index in [2.05, 4.69) is 11.4 Å². The highest BCUT2D eigenvalue weighted by atomic mass is 32.1. The Labute approximate surface area is 133 Å². The van der Waals surface area contributed by atoms with Crippen LogP contribution in [0.25, 0.3) is 0 Å². The van der Waals surface area contributed by atoms with Crippen LogP contribution in [-0.2, 0) is 4.79 Å². The van der Waals surface area contributed by atoms with Crippen molar-refractivity contribution in [3.63, 3.8) is 0 Å². The second-order valence-electron chi connectivity index (χ2n) is 4.62. The van der Waals surface area contributed by atoms with Crippen molar-refractivity contribution < 1.29 is 14.3 Å². The van der Waals surface area contributed by atoms with E-state index in [0.717, 1.165) is 10.4 Å². The Morgan fingerprint density at radius 3 is 2.77 bits per heavy atom. The van der Waals surface area contributed by atoms with Gasteiger partial charge in [0.05, 0.1) is 12.7 Å². The number of thiophene rings is 1. The molecule has 6 heteroatoms. The van der Waals surface area contributed by atoms with E-state index in [0.29, 0.717) is 22.1 Å². The van der Waals surface area contributed by atoms with Crippen LogP contribution in [0, 0.1) is 25.2 Å². The number of carbonyl (C=O) groups is 1. The van der Waals surface area contributed by atoms with E-state index in [4.69, 9.17) is 14.7 Å². The second kappa shape index (κ2) is 6.96. The predicted molar refractivity (Wildman–Crippen MR) is 85.6 cm³/mol. The number of ether oxygens (including phenoxy) is 2. The summed E-state index contributed by atoms with van der Waals surface area (Å²) in [7, 11) is 1.57. The first-order valence-corrected chi connectivity index (χ1v) is 7.43. The molecular weight excluding hydrogens is 300 g/mol. The normalized spacial score (nSPS) is 9.91. The monoisotopic (exact) mass is 316 g/mol. The summed E-state index contributed by atoms with van der Waals surface area (Å²) in [6.07, 6.45) is 0. The molecule has 5 nitrogen and oxygen atoms in total. The number of nitriles is 1. The molecular formula is C16H16N2O3S. The maximum atomic E-state index is 12.0. The van der Waals surface area contributed by atoms with E-state index >= 15 is 0 Å². The zero-order valence-corrected chi connectivity index (χ0v) is 13.4. The Morgan fingerprint density at radius 1 is 1.36 bits per heavy atom. The lowest BCUT2D eigenvalue weighted by Crippen LogP contribution is -2.20. The number of nitrogens with one attached hydrogen (secondary N) is 1. The van der Waals surface area contributed by atoms with Gasteiger partial charge in [-0.3, -0.25) is 4.79 Å². The molecule has 0 saturated heterocycles. The standard InChI is InChI=1S/C16H16N2O3S/c1-10-11(2)22-16(14(10)8-17)18-15(19)9-21-13-6-4-5-12(7-13)20-3/h4-7H,9H2,1-3H3,(H,18,19). The SMILES string of the molecule is COc1cccc(OCC(=O)Nc2sc(C)c(C)c2C#N)c1. The number of aryl methyl sites for hydroxylation is 1. The summed E-state index contributed by atoms with van der Waals surface area (Å²) in [6, 6.07) is 9.14. The molecule has 2 aromatic rings. The Kier molecular flexibility index (Phi) is 5.02. The van der Waals surface area contributed by atoms with Crippen LogP contribution in [-0.4, -0.2) is 19.6 Å². The van der Waals surface area contributed by atoms with Crippen LogP contribution < -0.4 is 14.8 Å². The van der Waals surface area contributed by atoms with Crippen molar-refractivity contribution in [2.24, 2.45) is 0 Å². The van der Waals surface area contributed by atoms with Crippen LogP contribution in [0.5, 0.6) is 11.5 Å². The number of rotatable bonds is 5. The van der Waals surface area contributed by atoms with Gasteiger partial charge in [-0.15, -0.1) is 11.3 Å². The molecule has 0 bridgehead atoms. The Hall–Kier alpha value is -2.52. The van der Waals surface area contributed by atoms with Gasteiger partial charge < -0.3 is 14.8 Å². The number of amides is 1. The van der Waals surface area contributed by atoms with Gasteiger partial charge in [0.2, 0.25) is 0 Å². The molecule has 1 heterocycles. The van der Waals surface area contributed by atoms with Gasteiger partial charge >= 0.3 is 0 Å². The molecule has 0 fully saturated rings. The number of benzene rings is 1. The quantitative estimate of drug-likeness (QED) is 0.919. The number of nitrogens with zero attached hydrogens (tertiary/aromatic N) is 1. The zero-order chi connectivity index (χ0) is 16.1. The molecule has 2 rings (SSSR count). The van der Waals surface area contributed by atoms with Gasteiger partial charge in [-0.25, -0.2) is 0 Å². The smallest absolute Gasteiger partial charge is 0.262 e. The van der Waals surface area contributed by atoms with E-state index in [-0.39, 0.29) is 12.5 Å². The molecule has 114 valence electrons. The predicted octanol–water partition coefficient (Wildman–Crippen LogP) is 3.26. The summed E-state index contributed by atoms with van der Waals surface area (Å²) >= 11 is 1.39. The fourth-order valence-corrected chi connectivity index (χ4v) is 2.88. The highest BCUT2D eigenvalue weighted by molar-refractivity contribution is 7.16. The number of hydrogen-bond donors (Lipinski definition) is 1. The van der Waals surface area contributed by atoms with Crippen LogP contribution in [0.15, 0.2) is 24.3 Å². The van der Waals surface area contributed by atoms with Gasteiger partial charge in [-0.05, 0) is 31.5 Å². The first kappa shape index (κ1) is 15.9. The molecule has 1 aromatic carbocycles. The first-order chi connectivity index (χ1) is 10.5. The molecule has 0 atom stereocenters. The lowest BCUT2D eigenvalue weighted by molar-refractivity contribution is -0.118. The van der Waals surface area contributed by atoms with Crippen molar-refractivity contribution in [3.8, 4) is 17.6 Å². The summed E-state index contributed by atoms with van der Waals surface area (Å²) in [6.45, 7) is 3.66. The summed E-state index contributed by atoms with van der Waals surface area (Å²) in [4.78, 5) is 13.0. The molecule has 0 aliphatic rings. The van der Waals surface area contributed by atoms with Gasteiger partial charge in [-0.2, -0.15) is 5.26 Å². The third-order valence-electron chi connectivity index (χ3n) is 3.16. The summed E-state index contributed by atoms with van der Waals surface area (Å²) in [5, 5.41) is 12.4. The molecule has 0 radical (unpaired) electrons. The van der Waals surface area contributed by atoms with Crippen LogP contribution >= 0.6 is 11.3 Å². The summed E-state index contributed by atoms with van der Waals surface area (Å²) in [5.74, 6) is 0.906. The van der Waals surface area contributed by atoms with Crippen LogP contribution in [0.2, 0.25) is 0 Å². The largest absolute Gasteiger partial charge is 0.497 e. The molecule has 22 heavy (non-hydrogen) atoms. The highest BCUT2D eigenvalue weighted by Crippen LogP contribution is 2.31. The van der Waals surface area contributed by atoms with Crippen LogP contribution in [0.3, 0.4) is 0 Å². The minimum atomic E-state index is -0.305. The van der Waals surface area contributed by atoms with Gasteiger partial charge in [0.25, 0.3) is 5.91 Å². The lowest BCUT2D eigenvalue weighted by Gasteiger charge is -2.08. The van der Waals surface area contributed by atoms with E-state index < -0.39 is 0 Å². The molecule has 0 unspecified atom stereocenters. The van der Waals surface area contributed by atoms with Crippen molar-refractivity contribution >= 4 is 22.2 Å². The lowest BCUT2D eigenvalue weighted by atomic mass is 10.2. The number of methoxy groups -OCH3 is 1. The third kappa shape index (κ3) is 3.57. The minimum Gasteiger partial charge on any atom is -0.497 e. The topological polar surface area (TPSA) is 71.3 Å².